The summed E-state index contributed by atoms with van der Waals surface area (Å²) in [5.74, 6) is 0.855. The van der Waals surface area contributed by atoms with Gasteiger partial charge in [-0.2, -0.15) is 0 Å². The Labute approximate surface area is 93.1 Å². The fraction of sp³-hybridized carbons (Fsp3) is 0.250. The van der Waals surface area contributed by atoms with E-state index in [0.29, 0.717) is 0 Å². The highest BCUT2D eigenvalue weighted by molar-refractivity contribution is 9.11. The van der Waals surface area contributed by atoms with E-state index in [1.54, 1.807) is 18.9 Å². The van der Waals surface area contributed by atoms with Crippen molar-refractivity contribution in [2.45, 2.75) is 4.90 Å². The molecule has 0 aromatic heterocycles. The molecule has 0 bridgehead atoms. The topological polar surface area (TPSA) is 9.23 Å². The first-order chi connectivity index (χ1) is 5.69. The Hall–Kier alpha value is 0.330. The molecule has 0 aliphatic rings. The molecular weight excluding hydrogens is 304 g/mol. The van der Waals surface area contributed by atoms with Crippen molar-refractivity contribution in [3.05, 3.63) is 21.1 Å². The van der Waals surface area contributed by atoms with Crippen molar-refractivity contribution >= 4 is 43.6 Å². The van der Waals surface area contributed by atoms with Crippen LogP contribution in [0.4, 0.5) is 0 Å². The molecule has 0 N–H and O–H groups in total. The molecule has 1 rings (SSSR count). The average molecular weight is 312 g/mol. The summed E-state index contributed by atoms with van der Waals surface area (Å²) in [5, 5.41) is 0. The van der Waals surface area contributed by atoms with Crippen molar-refractivity contribution in [1.29, 1.82) is 0 Å². The number of benzene rings is 1. The lowest BCUT2D eigenvalue weighted by Gasteiger charge is -2.07. The lowest BCUT2D eigenvalue weighted by molar-refractivity contribution is 0.410. The van der Waals surface area contributed by atoms with Crippen molar-refractivity contribution in [3.8, 4) is 5.75 Å². The van der Waals surface area contributed by atoms with Crippen LogP contribution in [0.5, 0.6) is 5.75 Å². The molecule has 0 radical (unpaired) electrons. The van der Waals surface area contributed by atoms with Gasteiger partial charge in [-0.3, -0.25) is 0 Å². The Kier molecular flexibility index (Phi) is 3.93. The van der Waals surface area contributed by atoms with Crippen LogP contribution in [0, 0.1) is 0 Å². The minimum Gasteiger partial charge on any atom is -0.495 e. The van der Waals surface area contributed by atoms with E-state index in [0.717, 1.165) is 14.7 Å². The van der Waals surface area contributed by atoms with Gasteiger partial charge in [-0.1, -0.05) is 15.9 Å². The third kappa shape index (κ3) is 2.18. The van der Waals surface area contributed by atoms with E-state index < -0.39 is 0 Å². The van der Waals surface area contributed by atoms with E-state index in [-0.39, 0.29) is 0 Å². The lowest BCUT2D eigenvalue weighted by atomic mass is 10.3. The predicted octanol–water partition coefficient (Wildman–Crippen LogP) is 3.94. The third-order valence-corrected chi connectivity index (χ3v) is 3.71. The number of hydrogen-bond acceptors (Lipinski definition) is 2. The summed E-state index contributed by atoms with van der Waals surface area (Å²) in [6.07, 6.45) is 2.03. The summed E-state index contributed by atoms with van der Waals surface area (Å²) in [6, 6.07) is 3.99. The first kappa shape index (κ1) is 10.4. The molecule has 66 valence electrons. The molecule has 0 aliphatic carbocycles. The highest BCUT2D eigenvalue weighted by atomic mass is 79.9. The number of rotatable bonds is 2. The van der Waals surface area contributed by atoms with Crippen molar-refractivity contribution in [1.82, 2.24) is 0 Å². The monoisotopic (exact) mass is 310 g/mol. The Bertz CT molecular complexity index is 263. The Morgan fingerprint density at radius 2 is 2.00 bits per heavy atom. The normalized spacial score (nSPS) is 10.0. The van der Waals surface area contributed by atoms with Gasteiger partial charge < -0.3 is 4.74 Å². The third-order valence-electron chi connectivity index (χ3n) is 1.41. The molecule has 12 heavy (non-hydrogen) atoms. The van der Waals surface area contributed by atoms with Crippen LogP contribution in [-0.2, 0) is 0 Å². The highest BCUT2D eigenvalue weighted by Crippen LogP contribution is 2.36. The number of thioether (sulfide) groups is 1. The number of hydrogen-bond donors (Lipinski definition) is 0. The molecule has 4 heteroatoms. The van der Waals surface area contributed by atoms with E-state index >= 15 is 0 Å². The average Bonchev–Trinajstić information content (AvgIpc) is 2.08. The maximum Gasteiger partial charge on any atom is 0.135 e. The number of methoxy groups -OCH3 is 1. The van der Waals surface area contributed by atoms with Crippen LogP contribution in [0.1, 0.15) is 0 Å². The van der Waals surface area contributed by atoms with Gasteiger partial charge in [0, 0.05) is 9.37 Å². The summed E-state index contributed by atoms with van der Waals surface area (Å²) in [5.41, 5.74) is 0. The summed E-state index contributed by atoms with van der Waals surface area (Å²) < 4.78 is 7.23. The molecule has 0 saturated heterocycles. The molecular formula is C8H8Br2OS. The van der Waals surface area contributed by atoms with Gasteiger partial charge in [-0.15, -0.1) is 11.8 Å². The fourth-order valence-corrected chi connectivity index (χ4v) is 2.83. The van der Waals surface area contributed by atoms with E-state index in [1.807, 2.05) is 12.3 Å². The van der Waals surface area contributed by atoms with Gasteiger partial charge in [-0.25, -0.2) is 0 Å². The van der Waals surface area contributed by atoms with Crippen LogP contribution in [0.25, 0.3) is 0 Å². The summed E-state index contributed by atoms with van der Waals surface area (Å²) >= 11 is 8.57. The van der Waals surface area contributed by atoms with Gasteiger partial charge >= 0.3 is 0 Å². The maximum absolute atomic E-state index is 5.18. The Balaban J connectivity index is 3.22. The van der Waals surface area contributed by atoms with E-state index in [9.17, 15) is 0 Å². The van der Waals surface area contributed by atoms with Crippen LogP contribution in [-0.4, -0.2) is 13.4 Å². The molecule has 0 amide bonds. The molecule has 0 heterocycles. The fourth-order valence-electron chi connectivity index (χ4n) is 0.837. The van der Waals surface area contributed by atoms with Crippen LogP contribution in [0.3, 0.4) is 0 Å². The second-order valence-corrected chi connectivity index (χ2v) is 4.68. The van der Waals surface area contributed by atoms with Crippen molar-refractivity contribution < 1.29 is 4.74 Å². The first-order valence-corrected chi connectivity index (χ1v) is 6.07. The SMILES string of the molecule is COc1cc(Br)cc(SC)c1Br. The summed E-state index contributed by atoms with van der Waals surface area (Å²) in [4.78, 5) is 1.17. The van der Waals surface area contributed by atoms with Gasteiger partial charge in [0.2, 0.25) is 0 Å². The van der Waals surface area contributed by atoms with Crippen molar-refractivity contribution in [3.63, 3.8) is 0 Å². The Morgan fingerprint density at radius 3 is 2.50 bits per heavy atom. The van der Waals surface area contributed by atoms with Crippen molar-refractivity contribution in [2.24, 2.45) is 0 Å². The van der Waals surface area contributed by atoms with Gasteiger partial charge in [0.25, 0.3) is 0 Å². The van der Waals surface area contributed by atoms with E-state index in [2.05, 4.69) is 37.9 Å². The van der Waals surface area contributed by atoms with Gasteiger partial charge in [-0.05, 0) is 34.3 Å². The van der Waals surface area contributed by atoms with Crippen LogP contribution < -0.4 is 4.74 Å². The first-order valence-electron chi connectivity index (χ1n) is 3.26. The lowest BCUT2D eigenvalue weighted by Crippen LogP contribution is -1.86. The van der Waals surface area contributed by atoms with Crippen LogP contribution in [0.2, 0.25) is 0 Å². The van der Waals surface area contributed by atoms with Crippen LogP contribution >= 0.6 is 43.6 Å². The quantitative estimate of drug-likeness (QED) is 0.765. The molecule has 1 nitrogen and oxygen atoms in total. The second kappa shape index (κ2) is 4.53. The zero-order valence-electron chi connectivity index (χ0n) is 6.73. The summed E-state index contributed by atoms with van der Waals surface area (Å²) in [6.45, 7) is 0. The van der Waals surface area contributed by atoms with Gasteiger partial charge in [0.1, 0.15) is 5.75 Å². The maximum atomic E-state index is 5.18. The minimum absolute atomic E-state index is 0.855. The number of ether oxygens (including phenoxy) is 1. The second-order valence-electron chi connectivity index (χ2n) is 2.12. The standard InChI is InChI=1S/C8H8Br2OS/c1-11-6-3-5(9)4-7(12-2)8(6)10/h3-4H,1-2H3. The highest BCUT2D eigenvalue weighted by Gasteiger charge is 2.06. The number of halogens is 2. The molecule has 0 unspecified atom stereocenters. The molecule has 0 fully saturated rings. The zero-order chi connectivity index (χ0) is 9.14. The largest absolute Gasteiger partial charge is 0.495 e. The summed E-state index contributed by atoms with van der Waals surface area (Å²) in [7, 11) is 1.66. The van der Waals surface area contributed by atoms with Gasteiger partial charge in [0.15, 0.2) is 0 Å². The Morgan fingerprint density at radius 1 is 1.33 bits per heavy atom. The van der Waals surface area contributed by atoms with Crippen LogP contribution in [0.15, 0.2) is 26.0 Å². The van der Waals surface area contributed by atoms with Crippen molar-refractivity contribution in [2.75, 3.05) is 13.4 Å². The minimum atomic E-state index is 0.855. The molecule has 1 aromatic rings. The molecule has 0 atom stereocenters. The molecule has 0 spiro atoms. The predicted molar refractivity (Wildman–Crippen MR) is 60.2 cm³/mol. The van der Waals surface area contributed by atoms with E-state index in [4.69, 9.17) is 4.74 Å². The molecule has 0 saturated carbocycles. The molecule has 1 aromatic carbocycles. The smallest absolute Gasteiger partial charge is 0.135 e. The van der Waals surface area contributed by atoms with Gasteiger partial charge in [0.05, 0.1) is 11.6 Å². The van der Waals surface area contributed by atoms with E-state index in [1.165, 1.54) is 4.90 Å². The zero-order valence-corrected chi connectivity index (χ0v) is 10.7. The molecule has 0 aliphatic heterocycles.